The van der Waals surface area contributed by atoms with Crippen LogP contribution in [0.15, 0.2) is 24.0 Å². The van der Waals surface area contributed by atoms with Gasteiger partial charge in [-0.25, -0.2) is 4.79 Å². The van der Waals surface area contributed by atoms with E-state index in [1.807, 2.05) is 12.1 Å². The Morgan fingerprint density at radius 1 is 1.17 bits per heavy atom. The number of amides is 4. The summed E-state index contributed by atoms with van der Waals surface area (Å²) >= 11 is 0. The number of carbonyl (C=O) groups excluding carboxylic acids is 4. The van der Waals surface area contributed by atoms with Gasteiger partial charge >= 0.3 is 6.09 Å². The Bertz CT molecular complexity index is 1430. The van der Waals surface area contributed by atoms with Gasteiger partial charge in [0.2, 0.25) is 17.7 Å². The van der Waals surface area contributed by atoms with Gasteiger partial charge in [0, 0.05) is 30.5 Å². The van der Waals surface area contributed by atoms with Crippen molar-refractivity contribution < 1.29 is 33.4 Å². The maximum atomic E-state index is 13.9. The molecule has 2 fully saturated rings. The lowest BCUT2D eigenvalue weighted by Gasteiger charge is -2.56. The zero-order valence-corrected chi connectivity index (χ0v) is 27.6. The highest BCUT2D eigenvalue weighted by atomic mass is 16.6. The highest BCUT2D eigenvalue weighted by Crippen LogP contribution is 2.63. The quantitative estimate of drug-likeness (QED) is 0.260. The average molecular weight is 653 g/mol. The molecular formula is C34H48N6O7. The van der Waals surface area contributed by atoms with Crippen molar-refractivity contribution >= 4 is 23.8 Å². The number of likely N-dealkylation sites (tertiary alicyclic amines) is 2. The van der Waals surface area contributed by atoms with Crippen LogP contribution in [0.25, 0.3) is 0 Å². The highest BCUT2D eigenvalue weighted by molar-refractivity contribution is 5.90. The van der Waals surface area contributed by atoms with Crippen LogP contribution in [0.2, 0.25) is 0 Å². The van der Waals surface area contributed by atoms with Gasteiger partial charge in [0.1, 0.15) is 18.0 Å². The predicted octanol–water partition coefficient (Wildman–Crippen LogP) is 1.67. The van der Waals surface area contributed by atoms with Crippen molar-refractivity contribution in [3.8, 4) is 11.5 Å². The molecule has 13 nitrogen and oxygen atoms in total. The Kier molecular flexibility index (Phi) is 9.65. The molecule has 13 heteroatoms. The predicted molar refractivity (Wildman–Crippen MR) is 173 cm³/mol. The number of piperidine rings is 2. The Morgan fingerprint density at radius 3 is 2.77 bits per heavy atom. The van der Waals surface area contributed by atoms with Crippen LogP contribution < -0.4 is 31.2 Å². The topological polar surface area (TPSA) is 165 Å². The van der Waals surface area contributed by atoms with Crippen LogP contribution in [0.5, 0.6) is 11.5 Å². The number of hydrogen-bond donors (Lipinski definition) is 4. The number of methoxy groups -OCH3 is 1. The van der Waals surface area contributed by atoms with Gasteiger partial charge in [0.05, 0.1) is 13.7 Å². The zero-order valence-electron chi connectivity index (χ0n) is 27.6. The number of nitrogens with two attached hydrogens (primary N) is 1. The van der Waals surface area contributed by atoms with E-state index in [-0.39, 0.29) is 17.9 Å². The SMILES string of the molecule is COc1ccc2c3c1O[C@H]1C(OC(=O)N4CCCCC4NC(=O)[C@H](CCCCN)NC(=O)CNC(C)=O)=CC[C@H]4[C@@H](C2)N(C)CC[C@]314. The van der Waals surface area contributed by atoms with Gasteiger partial charge in [-0.1, -0.05) is 6.07 Å². The Labute approximate surface area is 275 Å². The minimum atomic E-state index is -0.835. The summed E-state index contributed by atoms with van der Waals surface area (Å²) in [5.41, 5.74) is 7.84. The van der Waals surface area contributed by atoms with Gasteiger partial charge in [-0.2, -0.15) is 0 Å². The Morgan fingerprint density at radius 2 is 2.00 bits per heavy atom. The van der Waals surface area contributed by atoms with E-state index in [0.29, 0.717) is 62.2 Å². The summed E-state index contributed by atoms with van der Waals surface area (Å²) < 4.78 is 18.7. The molecule has 5 aliphatic rings. The average Bonchev–Trinajstić information content (AvgIpc) is 3.41. The summed E-state index contributed by atoms with van der Waals surface area (Å²) in [7, 11) is 3.84. The number of hydrogen-bond acceptors (Lipinski definition) is 9. The van der Waals surface area contributed by atoms with E-state index in [4.69, 9.17) is 19.9 Å². The first-order valence-corrected chi connectivity index (χ1v) is 17.0. The number of rotatable bonds is 11. The molecule has 6 atom stereocenters. The number of ether oxygens (including phenoxy) is 3. The van der Waals surface area contributed by atoms with E-state index in [2.05, 4.69) is 34.0 Å². The maximum Gasteiger partial charge on any atom is 0.416 e. The first kappa shape index (κ1) is 33.1. The molecule has 1 aromatic rings. The van der Waals surface area contributed by atoms with Crippen LogP contribution >= 0.6 is 0 Å². The second kappa shape index (κ2) is 13.7. The fraction of sp³-hybridized carbons (Fsp3) is 0.647. The molecule has 6 rings (SSSR count). The van der Waals surface area contributed by atoms with Gasteiger partial charge in [-0.3, -0.25) is 19.3 Å². The summed E-state index contributed by atoms with van der Waals surface area (Å²) in [6.07, 6.45) is 6.93. The van der Waals surface area contributed by atoms with Crippen LogP contribution in [-0.4, -0.2) is 98.3 Å². The Balaban J connectivity index is 1.18. The highest BCUT2D eigenvalue weighted by Gasteiger charge is 2.65. The standard InChI is InChI=1S/C34H48N6O7/c1-20(41)36-19-28(42)37-23(8-4-6-15-35)32(43)38-27-9-5-7-16-40(27)33(44)46-26-13-11-22-24-18-21-10-12-25(45-3)30-29(21)34(22,31(26)47-30)14-17-39(24)2/h10,12-13,22-24,27,31H,4-9,11,14-19,35H2,1-3H3,(H,36,41)(H,37,42)(H,38,43)/t22-,23-,24+,27?,31-,34-/m0/s1. The summed E-state index contributed by atoms with van der Waals surface area (Å²) in [4.78, 5) is 55.3. The molecule has 3 aliphatic heterocycles. The molecule has 2 bridgehead atoms. The van der Waals surface area contributed by atoms with Crippen molar-refractivity contribution in [1.29, 1.82) is 0 Å². The summed E-state index contributed by atoms with van der Waals surface area (Å²) in [5, 5.41) is 8.19. The van der Waals surface area contributed by atoms with E-state index in [1.165, 1.54) is 18.1 Å². The van der Waals surface area contributed by atoms with Crippen LogP contribution in [0.1, 0.15) is 69.4 Å². The van der Waals surface area contributed by atoms with Crippen molar-refractivity contribution in [2.75, 3.05) is 40.3 Å². The fourth-order valence-corrected chi connectivity index (χ4v) is 8.50. The summed E-state index contributed by atoms with van der Waals surface area (Å²) in [5.74, 6) is 1.10. The molecule has 256 valence electrons. The molecule has 0 aromatic heterocycles. The molecule has 1 spiro atoms. The third-order valence-electron chi connectivity index (χ3n) is 10.8. The largest absolute Gasteiger partial charge is 0.493 e. The number of allylic oxidation sites excluding steroid dienone is 1. The van der Waals surface area contributed by atoms with Gasteiger partial charge in [0.25, 0.3) is 0 Å². The molecule has 47 heavy (non-hydrogen) atoms. The lowest BCUT2D eigenvalue weighted by molar-refractivity contribution is -0.130. The minimum Gasteiger partial charge on any atom is -0.493 e. The molecule has 0 radical (unpaired) electrons. The second-order valence-electron chi connectivity index (χ2n) is 13.5. The monoisotopic (exact) mass is 652 g/mol. The van der Waals surface area contributed by atoms with Crippen molar-refractivity contribution in [2.45, 2.75) is 94.5 Å². The lowest BCUT2D eigenvalue weighted by Crippen LogP contribution is -2.63. The normalized spacial score (nSPS) is 27.8. The first-order valence-electron chi connectivity index (χ1n) is 17.0. The maximum absolute atomic E-state index is 13.9. The Hall–Kier alpha value is -3.84. The minimum absolute atomic E-state index is 0.229. The number of carbonyl (C=O) groups is 4. The summed E-state index contributed by atoms with van der Waals surface area (Å²) in [6, 6.07) is 3.66. The van der Waals surface area contributed by atoms with Crippen LogP contribution in [-0.2, 0) is 31.0 Å². The van der Waals surface area contributed by atoms with Gasteiger partial charge in [-0.15, -0.1) is 0 Å². The van der Waals surface area contributed by atoms with Crippen LogP contribution in [0, 0.1) is 5.92 Å². The van der Waals surface area contributed by atoms with E-state index < -0.39 is 36.2 Å². The van der Waals surface area contributed by atoms with Crippen LogP contribution in [0.3, 0.4) is 0 Å². The number of benzene rings is 1. The lowest BCUT2D eigenvalue weighted by atomic mass is 9.53. The van der Waals surface area contributed by atoms with Crippen LogP contribution in [0.4, 0.5) is 4.79 Å². The summed E-state index contributed by atoms with van der Waals surface area (Å²) in [6.45, 7) is 2.91. The molecule has 4 amide bonds. The molecule has 1 unspecified atom stereocenters. The van der Waals surface area contributed by atoms with Gasteiger partial charge in [-0.05, 0) is 102 Å². The second-order valence-corrected chi connectivity index (χ2v) is 13.5. The molecule has 2 aliphatic carbocycles. The molecular weight excluding hydrogens is 604 g/mol. The third kappa shape index (κ3) is 6.15. The first-order chi connectivity index (χ1) is 22.7. The van der Waals surface area contributed by atoms with E-state index in [0.717, 1.165) is 44.4 Å². The van der Waals surface area contributed by atoms with Crippen molar-refractivity contribution in [3.05, 3.63) is 35.1 Å². The number of nitrogens with zero attached hydrogens (tertiary/aromatic N) is 2. The molecule has 5 N–H and O–H groups in total. The van der Waals surface area contributed by atoms with E-state index in [9.17, 15) is 19.2 Å². The molecule has 1 aromatic carbocycles. The molecule has 2 saturated heterocycles. The van der Waals surface area contributed by atoms with E-state index >= 15 is 0 Å². The number of likely N-dealkylation sites (N-methyl/N-ethyl adjacent to an activating group) is 1. The number of unbranched alkanes of at least 4 members (excludes halogenated alkanes) is 1. The zero-order chi connectivity index (χ0) is 33.3. The fourth-order valence-electron chi connectivity index (χ4n) is 8.50. The van der Waals surface area contributed by atoms with Crippen molar-refractivity contribution in [1.82, 2.24) is 25.8 Å². The van der Waals surface area contributed by atoms with Gasteiger partial charge < -0.3 is 40.8 Å². The molecule has 3 heterocycles. The third-order valence-corrected chi connectivity index (χ3v) is 10.8. The smallest absolute Gasteiger partial charge is 0.416 e. The van der Waals surface area contributed by atoms with Crippen molar-refractivity contribution in [3.63, 3.8) is 0 Å². The number of nitrogens with one attached hydrogen (secondary N) is 3. The van der Waals surface area contributed by atoms with E-state index in [1.54, 1.807) is 12.0 Å². The molecule has 0 saturated carbocycles. The van der Waals surface area contributed by atoms with Gasteiger partial charge in [0.15, 0.2) is 17.6 Å². The van der Waals surface area contributed by atoms with Crippen molar-refractivity contribution in [2.24, 2.45) is 11.7 Å².